The summed E-state index contributed by atoms with van der Waals surface area (Å²) < 4.78 is 27.9. The van der Waals surface area contributed by atoms with E-state index in [4.69, 9.17) is 0 Å². The molecule has 24 heavy (non-hydrogen) atoms. The van der Waals surface area contributed by atoms with E-state index >= 15 is 0 Å². The Bertz CT molecular complexity index is 942. The van der Waals surface area contributed by atoms with Crippen molar-refractivity contribution in [1.29, 1.82) is 0 Å². The van der Waals surface area contributed by atoms with Crippen LogP contribution in [-0.2, 0) is 16.4 Å². The summed E-state index contributed by atoms with van der Waals surface area (Å²) in [5.74, 6) is 0. The van der Waals surface area contributed by atoms with E-state index < -0.39 is 9.84 Å². The van der Waals surface area contributed by atoms with E-state index in [-0.39, 0.29) is 5.03 Å². The number of nitrogens with one attached hydrogen (secondary N) is 1. The molecule has 1 fully saturated rings. The first-order valence-corrected chi connectivity index (χ1v) is 10.4. The topological polar surface area (TPSA) is 76.9 Å². The van der Waals surface area contributed by atoms with E-state index in [9.17, 15) is 8.42 Å². The van der Waals surface area contributed by atoms with E-state index in [1.807, 2.05) is 12.1 Å². The van der Waals surface area contributed by atoms with Gasteiger partial charge >= 0.3 is 0 Å². The second-order valence-electron chi connectivity index (χ2n) is 5.94. The molecule has 0 aromatic carbocycles. The van der Waals surface area contributed by atoms with Crippen LogP contribution in [0.5, 0.6) is 0 Å². The molecule has 0 radical (unpaired) electrons. The van der Waals surface area contributed by atoms with Crippen LogP contribution < -0.4 is 5.32 Å². The number of sulfone groups is 1. The highest BCUT2D eigenvalue weighted by molar-refractivity contribution is 7.93. The summed E-state index contributed by atoms with van der Waals surface area (Å²) in [6.07, 6.45) is 5.07. The zero-order valence-electron chi connectivity index (χ0n) is 13.1. The van der Waals surface area contributed by atoms with Gasteiger partial charge in [0.1, 0.15) is 9.73 Å². The van der Waals surface area contributed by atoms with Crippen LogP contribution in [0.3, 0.4) is 0 Å². The number of aromatic nitrogens is 3. The van der Waals surface area contributed by atoms with E-state index in [2.05, 4.69) is 15.4 Å². The van der Waals surface area contributed by atoms with Crippen molar-refractivity contribution in [2.75, 3.05) is 6.54 Å². The van der Waals surface area contributed by atoms with Crippen LogP contribution in [-0.4, -0.2) is 35.8 Å². The molecule has 0 saturated carbocycles. The lowest BCUT2D eigenvalue weighted by molar-refractivity contribution is 0.353. The lowest BCUT2D eigenvalue weighted by Crippen LogP contribution is -2.37. The summed E-state index contributed by atoms with van der Waals surface area (Å²) in [7, 11) is -3.64. The Morgan fingerprint density at radius 2 is 2.21 bits per heavy atom. The zero-order valence-corrected chi connectivity index (χ0v) is 14.7. The van der Waals surface area contributed by atoms with Crippen molar-refractivity contribution in [1.82, 2.24) is 20.1 Å². The fourth-order valence-electron chi connectivity index (χ4n) is 3.10. The molecule has 4 heterocycles. The lowest BCUT2D eigenvalue weighted by atomic mass is 10.1. The van der Waals surface area contributed by atoms with Crippen LogP contribution in [0.2, 0.25) is 0 Å². The standard InChI is InChI=1S/C16H18N4O2S2/c21-24(22,14-7-4-10-23-14)16-15-13(6-3-9-18-15)20(19-16)11-12-5-1-2-8-17-12/h3-4,6-7,9-10,12,17H,1-2,5,8,11H2. The second-order valence-corrected chi connectivity index (χ2v) is 8.98. The summed E-state index contributed by atoms with van der Waals surface area (Å²) in [5, 5.41) is 9.73. The molecule has 3 aromatic rings. The lowest BCUT2D eigenvalue weighted by Gasteiger charge is -2.23. The van der Waals surface area contributed by atoms with E-state index in [1.54, 1.807) is 28.4 Å². The SMILES string of the molecule is O=S(=O)(c1cccs1)c1nn(CC2CCCCN2)c2cccnc12. The second kappa shape index (κ2) is 6.27. The fourth-order valence-corrected chi connectivity index (χ4v) is 5.53. The first-order chi connectivity index (χ1) is 11.7. The molecule has 0 spiro atoms. The molecule has 1 N–H and O–H groups in total. The van der Waals surface area contributed by atoms with Crippen LogP contribution in [0.1, 0.15) is 19.3 Å². The van der Waals surface area contributed by atoms with Gasteiger partial charge < -0.3 is 5.32 Å². The molecule has 0 amide bonds. The molecule has 1 aliphatic heterocycles. The molecule has 6 nitrogen and oxygen atoms in total. The maximum atomic E-state index is 12.9. The van der Waals surface area contributed by atoms with Crippen molar-refractivity contribution in [3.05, 3.63) is 35.8 Å². The van der Waals surface area contributed by atoms with Crippen LogP contribution in [0.25, 0.3) is 11.0 Å². The average Bonchev–Trinajstić information content (AvgIpc) is 3.25. The van der Waals surface area contributed by atoms with Crippen molar-refractivity contribution in [3.63, 3.8) is 0 Å². The van der Waals surface area contributed by atoms with Gasteiger partial charge in [-0.3, -0.25) is 9.67 Å². The van der Waals surface area contributed by atoms with Crippen molar-refractivity contribution >= 4 is 32.2 Å². The van der Waals surface area contributed by atoms with Gasteiger partial charge in [0.15, 0.2) is 0 Å². The number of fused-ring (bicyclic) bond motifs is 1. The third-order valence-corrected chi connectivity index (χ3v) is 7.36. The number of nitrogens with zero attached hydrogens (tertiary/aromatic N) is 3. The zero-order chi connectivity index (χ0) is 16.6. The third kappa shape index (κ3) is 2.74. The first-order valence-electron chi connectivity index (χ1n) is 8.00. The van der Waals surface area contributed by atoms with E-state index in [1.165, 1.54) is 24.2 Å². The molecule has 126 valence electrons. The maximum absolute atomic E-state index is 12.9. The van der Waals surface area contributed by atoms with Crippen molar-refractivity contribution in [3.8, 4) is 0 Å². The van der Waals surface area contributed by atoms with Crippen molar-refractivity contribution in [2.45, 2.75) is 41.1 Å². The Hall–Kier alpha value is -1.77. The third-order valence-electron chi connectivity index (χ3n) is 4.30. The maximum Gasteiger partial charge on any atom is 0.237 e. The van der Waals surface area contributed by atoms with Gasteiger partial charge in [0.05, 0.1) is 12.1 Å². The fraction of sp³-hybridized carbons (Fsp3) is 0.375. The minimum absolute atomic E-state index is 0.0522. The molecule has 1 atom stereocenters. The molecule has 4 rings (SSSR count). The van der Waals surface area contributed by atoms with Gasteiger partial charge in [-0.25, -0.2) is 8.42 Å². The molecule has 3 aromatic heterocycles. The van der Waals surface area contributed by atoms with E-state index in [0.29, 0.717) is 22.3 Å². The minimum atomic E-state index is -3.64. The smallest absolute Gasteiger partial charge is 0.237 e. The Balaban J connectivity index is 1.79. The molecular weight excluding hydrogens is 344 g/mol. The molecule has 0 aliphatic carbocycles. The molecule has 8 heteroatoms. The number of hydrogen-bond donors (Lipinski definition) is 1. The summed E-state index contributed by atoms with van der Waals surface area (Å²) in [5.41, 5.74) is 1.21. The predicted molar refractivity (Wildman–Crippen MR) is 92.9 cm³/mol. The number of thiophene rings is 1. The monoisotopic (exact) mass is 362 g/mol. The molecular formula is C16H18N4O2S2. The van der Waals surface area contributed by atoms with Gasteiger partial charge in [-0.2, -0.15) is 5.10 Å². The van der Waals surface area contributed by atoms with Gasteiger partial charge in [-0.1, -0.05) is 12.5 Å². The Morgan fingerprint density at radius 3 is 2.96 bits per heavy atom. The van der Waals surface area contributed by atoms with Crippen molar-refractivity contribution < 1.29 is 8.42 Å². The Labute approximate surface area is 144 Å². The number of rotatable bonds is 4. The van der Waals surface area contributed by atoms with Crippen LogP contribution in [0.15, 0.2) is 45.1 Å². The van der Waals surface area contributed by atoms with Gasteiger partial charge in [0.2, 0.25) is 14.9 Å². The highest BCUT2D eigenvalue weighted by atomic mass is 32.2. The summed E-state index contributed by atoms with van der Waals surface area (Å²) >= 11 is 1.20. The van der Waals surface area contributed by atoms with Gasteiger partial charge in [-0.15, -0.1) is 11.3 Å². The van der Waals surface area contributed by atoms with Gasteiger partial charge in [0.25, 0.3) is 0 Å². The Kier molecular flexibility index (Phi) is 4.11. The van der Waals surface area contributed by atoms with Crippen LogP contribution >= 0.6 is 11.3 Å². The Morgan fingerprint density at radius 1 is 1.29 bits per heavy atom. The number of pyridine rings is 1. The normalized spacial score (nSPS) is 18.9. The first kappa shape index (κ1) is 15.7. The summed E-state index contributed by atoms with van der Waals surface area (Å²) in [4.78, 5) is 4.29. The highest BCUT2D eigenvalue weighted by Crippen LogP contribution is 2.29. The minimum Gasteiger partial charge on any atom is -0.312 e. The molecule has 1 saturated heterocycles. The largest absolute Gasteiger partial charge is 0.312 e. The van der Waals surface area contributed by atoms with Crippen molar-refractivity contribution in [2.24, 2.45) is 0 Å². The summed E-state index contributed by atoms with van der Waals surface area (Å²) in [6.45, 7) is 1.66. The molecule has 1 aliphatic rings. The molecule has 0 bridgehead atoms. The highest BCUT2D eigenvalue weighted by Gasteiger charge is 2.28. The van der Waals surface area contributed by atoms with Gasteiger partial charge in [-0.05, 0) is 43.0 Å². The number of hydrogen-bond acceptors (Lipinski definition) is 6. The number of piperidine rings is 1. The predicted octanol–water partition coefficient (Wildman–Crippen LogP) is 2.47. The van der Waals surface area contributed by atoms with Gasteiger partial charge in [0, 0.05) is 12.2 Å². The van der Waals surface area contributed by atoms with E-state index in [0.717, 1.165) is 18.5 Å². The average molecular weight is 362 g/mol. The quantitative estimate of drug-likeness (QED) is 0.771. The summed E-state index contributed by atoms with van der Waals surface area (Å²) in [6, 6.07) is 7.36. The van der Waals surface area contributed by atoms with Crippen LogP contribution in [0, 0.1) is 0 Å². The molecule has 1 unspecified atom stereocenters. The van der Waals surface area contributed by atoms with Crippen LogP contribution in [0.4, 0.5) is 0 Å².